The van der Waals surface area contributed by atoms with Gasteiger partial charge in [-0.2, -0.15) is 0 Å². The van der Waals surface area contributed by atoms with Gasteiger partial charge in [-0.15, -0.1) is 11.8 Å². The van der Waals surface area contributed by atoms with Crippen LogP contribution in [0.15, 0.2) is 47.4 Å². The molecule has 1 heterocycles. The fourth-order valence-electron chi connectivity index (χ4n) is 2.71. The highest BCUT2D eigenvalue weighted by molar-refractivity contribution is 7.99. The Morgan fingerprint density at radius 3 is 2.72 bits per heavy atom. The van der Waals surface area contributed by atoms with E-state index in [0.717, 1.165) is 29.1 Å². The zero-order valence-corrected chi connectivity index (χ0v) is 15.2. The number of anilines is 2. The zero-order valence-electron chi connectivity index (χ0n) is 14.3. The Morgan fingerprint density at radius 1 is 1.12 bits per heavy atom. The van der Waals surface area contributed by atoms with E-state index >= 15 is 0 Å². The summed E-state index contributed by atoms with van der Waals surface area (Å²) in [6, 6.07) is 13.2. The fourth-order valence-corrected chi connectivity index (χ4v) is 3.76. The van der Waals surface area contributed by atoms with E-state index < -0.39 is 6.03 Å². The van der Waals surface area contributed by atoms with Gasteiger partial charge in [0.25, 0.3) is 0 Å². The van der Waals surface area contributed by atoms with Crippen molar-refractivity contribution in [2.45, 2.75) is 18.7 Å². The average molecular weight is 355 g/mol. The first kappa shape index (κ1) is 17.4. The van der Waals surface area contributed by atoms with Crippen LogP contribution in [-0.2, 0) is 4.79 Å². The first-order chi connectivity index (χ1) is 12.0. The summed E-state index contributed by atoms with van der Waals surface area (Å²) in [4.78, 5) is 27.4. The molecule has 0 aromatic heterocycles. The van der Waals surface area contributed by atoms with E-state index in [1.165, 1.54) is 4.90 Å². The van der Waals surface area contributed by atoms with Gasteiger partial charge < -0.3 is 10.2 Å². The number of amides is 3. The third kappa shape index (κ3) is 4.33. The van der Waals surface area contributed by atoms with Crippen molar-refractivity contribution < 1.29 is 9.59 Å². The number of urea groups is 1. The van der Waals surface area contributed by atoms with Crippen LogP contribution in [0.2, 0.25) is 0 Å². The summed E-state index contributed by atoms with van der Waals surface area (Å²) in [6.45, 7) is 4.94. The van der Waals surface area contributed by atoms with Gasteiger partial charge in [-0.05, 0) is 49.2 Å². The first-order valence-electron chi connectivity index (χ1n) is 8.18. The van der Waals surface area contributed by atoms with Crippen LogP contribution in [0, 0.1) is 13.8 Å². The smallest absolute Gasteiger partial charge is 0.325 e. The van der Waals surface area contributed by atoms with Crippen molar-refractivity contribution in [1.82, 2.24) is 5.32 Å². The van der Waals surface area contributed by atoms with Crippen LogP contribution in [0.25, 0.3) is 0 Å². The van der Waals surface area contributed by atoms with Gasteiger partial charge in [-0.3, -0.25) is 10.1 Å². The summed E-state index contributed by atoms with van der Waals surface area (Å²) < 4.78 is 0. The number of thioether (sulfide) groups is 1. The van der Waals surface area contributed by atoms with Gasteiger partial charge in [0.2, 0.25) is 5.91 Å². The number of carbonyl (C=O) groups excluding carboxylic acids is 2. The number of fused-ring (bicyclic) bond motifs is 1. The maximum Gasteiger partial charge on any atom is 0.325 e. The highest BCUT2D eigenvalue weighted by atomic mass is 32.2. The van der Waals surface area contributed by atoms with Gasteiger partial charge in [0.15, 0.2) is 0 Å². The fraction of sp³-hybridized carbons (Fsp3) is 0.263. The Morgan fingerprint density at radius 2 is 1.92 bits per heavy atom. The second-order valence-electron chi connectivity index (χ2n) is 6.04. The van der Waals surface area contributed by atoms with Gasteiger partial charge in [0, 0.05) is 22.9 Å². The van der Waals surface area contributed by atoms with Gasteiger partial charge in [-0.1, -0.05) is 18.2 Å². The van der Waals surface area contributed by atoms with Crippen LogP contribution < -0.4 is 15.5 Å². The van der Waals surface area contributed by atoms with Crippen LogP contribution in [-0.4, -0.2) is 30.8 Å². The molecule has 1 aliphatic heterocycles. The number of para-hydroxylation sites is 1. The largest absolute Gasteiger partial charge is 0.360 e. The van der Waals surface area contributed by atoms with Gasteiger partial charge in [0.1, 0.15) is 0 Å². The molecule has 3 amide bonds. The van der Waals surface area contributed by atoms with Crippen molar-refractivity contribution in [1.29, 1.82) is 0 Å². The van der Waals surface area contributed by atoms with E-state index in [4.69, 9.17) is 0 Å². The Labute approximate surface area is 151 Å². The third-order valence-corrected chi connectivity index (χ3v) is 5.22. The number of aryl methyl sites for hydroxylation is 2. The van der Waals surface area contributed by atoms with Crippen molar-refractivity contribution >= 4 is 35.1 Å². The number of hydrogen-bond acceptors (Lipinski definition) is 4. The normalized spacial score (nSPS) is 13.1. The van der Waals surface area contributed by atoms with Crippen molar-refractivity contribution in [3.05, 3.63) is 53.6 Å². The summed E-state index contributed by atoms with van der Waals surface area (Å²) in [7, 11) is 0. The third-order valence-electron chi connectivity index (χ3n) is 4.18. The molecule has 0 fully saturated rings. The lowest BCUT2D eigenvalue weighted by Gasteiger charge is -2.30. The molecule has 2 N–H and O–H groups in total. The minimum atomic E-state index is -0.507. The number of benzene rings is 2. The number of rotatable bonds is 3. The Hall–Kier alpha value is -2.47. The molecule has 1 aliphatic rings. The molecule has 0 unspecified atom stereocenters. The highest BCUT2D eigenvalue weighted by Crippen LogP contribution is 2.33. The molecule has 5 nitrogen and oxygen atoms in total. The highest BCUT2D eigenvalue weighted by Gasteiger charge is 2.20. The maximum absolute atomic E-state index is 12.2. The molecule has 0 atom stereocenters. The van der Waals surface area contributed by atoms with Gasteiger partial charge in [0.05, 0.1) is 12.2 Å². The second kappa shape index (κ2) is 7.61. The summed E-state index contributed by atoms with van der Waals surface area (Å²) in [6.07, 6.45) is 0. The van der Waals surface area contributed by atoms with Crippen LogP contribution >= 0.6 is 11.8 Å². The van der Waals surface area contributed by atoms with Crippen LogP contribution in [0.3, 0.4) is 0 Å². The molecule has 3 rings (SSSR count). The number of carbonyl (C=O) groups is 2. The molecular formula is C19H21N3O2S. The Bertz CT molecular complexity index is 807. The standard InChI is InChI=1S/C19H21N3O2S/c1-13-7-8-15(11-14(13)2)20-19(24)21-18(23)12-22-9-10-25-17-6-4-3-5-16(17)22/h3-8,11H,9-10,12H2,1-2H3,(H2,20,21,23,24). The molecular weight excluding hydrogens is 334 g/mol. The molecule has 0 saturated carbocycles. The van der Waals surface area contributed by atoms with Crippen molar-refractivity contribution in [2.75, 3.05) is 29.1 Å². The number of imide groups is 1. The van der Waals surface area contributed by atoms with Gasteiger partial charge in [-0.25, -0.2) is 4.79 Å². The number of nitrogens with one attached hydrogen (secondary N) is 2. The lowest BCUT2D eigenvalue weighted by molar-refractivity contribution is -0.118. The molecule has 25 heavy (non-hydrogen) atoms. The molecule has 0 spiro atoms. The molecule has 2 aromatic carbocycles. The first-order valence-corrected chi connectivity index (χ1v) is 9.16. The minimum Gasteiger partial charge on any atom is -0.360 e. The maximum atomic E-state index is 12.2. The topological polar surface area (TPSA) is 61.4 Å². The number of nitrogens with zero attached hydrogens (tertiary/aromatic N) is 1. The molecule has 0 bridgehead atoms. The molecule has 0 saturated heterocycles. The quantitative estimate of drug-likeness (QED) is 0.884. The lowest BCUT2D eigenvalue weighted by atomic mass is 10.1. The SMILES string of the molecule is Cc1ccc(NC(=O)NC(=O)CN2CCSc3ccccc32)cc1C. The van der Waals surface area contributed by atoms with E-state index in [1.807, 2.05) is 55.1 Å². The second-order valence-corrected chi connectivity index (χ2v) is 7.18. The number of hydrogen-bond donors (Lipinski definition) is 2. The van der Waals surface area contributed by atoms with Crippen molar-refractivity contribution in [3.8, 4) is 0 Å². The lowest BCUT2D eigenvalue weighted by Crippen LogP contribution is -2.43. The zero-order chi connectivity index (χ0) is 17.8. The molecule has 6 heteroatoms. The van der Waals surface area contributed by atoms with E-state index in [1.54, 1.807) is 11.8 Å². The molecule has 0 aliphatic carbocycles. The molecule has 0 radical (unpaired) electrons. The minimum absolute atomic E-state index is 0.165. The van der Waals surface area contributed by atoms with Gasteiger partial charge >= 0.3 is 6.03 Å². The Kier molecular flexibility index (Phi) is 5.28. The monoisotopic (exact) mass is 355 g/mol. The van der Waals surface area contributed by atoms with Crippen LogP contribution in [0.5, 0.6) is 0 Å². The summed E-state index contributed by atoms with van der Waals surface area (Å²) in [5, 5.41) is 5.11. The predicted octanol–water partition coefficient (Wildman–Crippen LogP) is 3.56. The Balaban J connectivity index is 1.57. The predicted molar refractivity (Wildman–Crippen MR) is 102 cm³/mol. The summed E-state index contributed by atoms with van der Waals surface area (Å²) >= 11 is 1.79. The molecule has 130 valence electrons. The van der Waals surface area contributed by atoms with E-state index in [0.29, 0.717) is 5.69 Å². The van der Waals surface area contributed by atoms with E-state index in [9.17, 15) is 9.59 Å². The molecule has 2 aromatic rings. The average Bonchev–Trinajstić information content (AvgIpc) is 2.58. The van der Waals surface area contributed by atoms with E-state index in [2.05, 4.69) is 16.7 Å². The summed E-state index contributed by atoms with van der Waals surface area (Å²) in [5.74, 6) is 0.613. The van der Waals surface area contributed by atoms with Crippen molar-refractivity contribution in [2.24, 2.45) is 0 Å². The van der Waals surface area contributed by atoms with Crippen LogP contribution in [0.1, 0.15) is 11.1 Å². The van der Waals surface area contributed by atoms with Crippen LogP contribution in [0.4, 0.5) is 16.2 Å². The van der Waals surface area contributed by atoms with E-state index in [-0.39, 0.29) is 12.5 Å². The van der Waals surface area contributed by atoms with Crippen molar-refractivity contribution in [3.63, 3.8) is 0 Å². The summed E-state index contributed by atoms with van der Waals surface area (Å²) in [5.41, 5.74) is 3.96.